The molecule has 21 heavy (non-hydrogen) atoms. The first-order chi connectivity index (χ1) is 9.59. The average Bonchev–Trinajstić information content (AvgIpc) is 2.24. The predicted molar refractivity (Wildman–Crippen MR) is 60.2 cm³/mol. The fourth-order valence-corrected chi connectivity index (χ4v) is 1.33. The molecule has 0 atom stereocenters. The number of ether oxygens (including phenoxy) is 3. The van der Waals surface area contributed by atoms with Gasteiger partial charge in [-0.05, 0) is 17.7 Å². The van der Waals surface area contributed by atoms with E-state index in [1.54, 1.807) is 0 Å². The first kappa shape index (κ1) is 17.2. The first-order valence-corrected chi connectivity index (χ1v) is 5.29. The van der Waals surface area contributed by atoms with Crippen molar-refractivity contribution in [3.63, 3.8) is 0 Å². The van der Waals surface area contributed by atoms with Crippen LogP contribution < -0.4 is 9.47 Å². The third-order valence-corrected chi connectivity index (χ3v) is 1.89. The molecule has 0 aliphatic carbocycles. The van der Waals surface area contributed by atoms with Crippen molar-refractivity contribution in [2.45, 2.75) is 12.7 Å². The van der Waals surface area contributed by atoms with Crippen LogP contribution in [0.2, 0.25) is 0 Å². The van der Waals surface area contributed by atoms with Crippen molar-refractivity contribution in [1.82, 2.24) is 0 Å². The molecule has 0 spiro atoms. The average molecular weight is 315 g/mol. The Labute approximate surface area is 115 Å². The van der Waals surface area contributed by atoms with Crippen LogP contribution in [0, 0.1) is 7.11 Å². The minimum Gasteiger partial charge on any atom is -0.406 e. The van der Waals surface area contributed by atoms with Gasteiger partial charge in [-0.2, -0.15) is 0 Å². The first-order valence-electron chi connectivity index (χ1n) is 5.29. The van der Waals surface area contributed by atoms with Gasteiger partial charge in [-0.25, -0.2) is 0 Å². The summed E-state index contributed by atoms with van der Waals surface area (Å²) < 4.78 is 84.3. The van der Waals surface area contributed by atoms with Gasteiger partial charge in [-0.1, -0.05) is 12.2 Å². The van der Waals surface area contributed by atoms with E-state index in [0.29, 0.717) is 6.07 Å². The molecule has 0 bridgehead atoms. The smallest absolute Gasteiger partial charge is 0.406 e. The maximum absolute atomic E-state index is 12.1. The number of hydrogen-bond donors (Lipinski definition) is 0. The van der Waals surface area contributed by atoms with Gasteiger partial charge in [0.15, 0.2) is 0 Å². The Morgan fingerprint density at radius 3 is 1.76 bits per heavy atom. The van der Waals surface area contributed by atoms with Crippen LogP contribution in [0.4, 0.5) is 26.3 Å². The molecule has 117 valence electrons. The van der Waals surface area contributed by atoms with Gasteiger partial charge in [0, 0.05) is 6.07 Å². The van der Waals surface area contributed by atoms with E-state index in [0.717, 1.165) is 12.1 Å². The second-order valence-corrected chi connectivity index (χ2v) is 3.61. The third kappa shape index (κ3) is 7.45. The third-order valence-electron chi connectivity index (χ3n) is 1.89. The number of rotatable bonds is 5. The molecule has 1 aromatic carbocycles. The molecule has 0 unspecified atom stereocenters. The lowest BCUT2D eigenvalue weighted by Crippen LogP contribution is -2.19. The Hall–Kier alpha value is -1.90. The summed E-state index contributed by atoms with van der Waals surface area (Å²) in [6.45, 7) is 0.0276. The van der Waals surface area contributed by atoms with Crippen molar-refractivity contribution in [2.75, 3.05) is 6.61 Å². The van der Waals surface area contributed by atoms with Gasteiger partial charge in [-0.3, -0.25) is 0 Å². The van der Waals surface area contributed by atoms with Gasteiger partial charge in [0.25, 0.3) is 0 Å². The molecule has 3 nitrogen and oxygen atoms in total. The highest BCUT2D eigenvalue weighted by molar-refractivity contribution is 5.55. The van der Waals surface area contributed by atoms with Crippen molar-refractivity contribution in [1.29, 1.82) is 0 Å². The highest BCUT2D eigenvalue weighted by Gasteiger charge is 2.33. The zero-order valence-electron chi connectivity index (χ0n) is 10.3. The second kappa shape index (κ2) is 6.70. The lowest BCUT2D eigenvalue weighted by molar-refractivity contribution is -0.276. The topological polar surface area (TPSA) is 27.7 Å². The van der Waals surface area contributed by atoms with E-state index in [-0.39, 0.29) is 12.2 Å². The minimum atomic E-state index is -5.03. The second-order valence-electron chi connectivity index (χ2n) is 3.61. The summed E-state index contributed by atoms with van der Waals surface area (Å²) in [6.07, 6.45) is -7.49. The Morgan fingerprint density at radius 1 is 0.905 bits per heavy atom. The summed E-state index contributed by atoms with van der Waals surface area (Å²) >= 11 is 0. The fraction of sp³-hybridized carbons (Fsp3) is 0.250. The monoisotopic (exact) mass is 315 g/mol. The standard InChI is InChI=1S/C12H9F6O3/c1-19-4-2-3-8-5-9(20-11(13,14)15)7-10(6-8)21-12(16,17)18/h2-3,5-7H,1,4H2. The Bertz CT molecular complexity index is 458. The molecule has 0 amide bonds. The summed E-state index contributed by atoms with van der Waals surface area (Å²) in [5.41, 5.74) is 0.00745. The van der Waals surface area contributed by atoms with Crippen LogP contribution >= 0.6 is 0 Å². The van der Waals surface area contributed by atoms with Crippen LogP contribution in [0.5, 0.6) is 11.5 Å². The number of halogens is 6. The molecular formula is C12H9F6O3. The summed E-state index contributed by atoms with van der Waals surface area (Å²) in [6, 6.07) is 2.28. The van der Waals surface area contributed by atoms with E-state index in [4.69, 9.17) is 0 Å². The van der Waals surface area contributed by atoms with Crippen molar-refractivity contribution in [3.8, 4) is 11.5 Å². The summed E-state index contributed by atoms with van der Waals surface area (Å²) in [5, 5.41) is 0. The maximum atomic E-state index is 12.1. The number of alkyl halides is 6. The van der Waals surface area contributed by atoms with Gasteiger partial charge in [0.2, 0.25) is 0 Å². The Kier molecular flexibility index (Phi) is 5.47. The normalized spacial score (nSPS) is 12.7. The van der Waals surface area contributed by atoms with Crippen molar-refractivity contribution in [3.05, 3.63) is 36.9 Å². The minimum absolute atomic E-state index is 0.00745. The SMILES string of the molecule is [CH2]OCC=Cc1cc(OC(F)(F)F)cc(OC(F)(F)F)c1. The fourth-order valence-electron chi connectivity index (χ4n) is 1.33. The van der Waals surface area contributed by atoms with E-state index in [1.165, 1.54) is 12.2 Å². The molecule has 1 aromatic rings. The number of benzene rings is 1. The van der Waals surface area contributed by atoms with Crippen LogP contribution in [0.1, 0.15) is 5.56 Å². The van der Waals surface area contributed by atoms with Crippen molar-refractivity contribution in [2.24, 2.45) is 0 Å². The van der Waals surface area contributed by atoms with Crippen molar-refractivity contribution >= 4 is 6.08 Å². The lowest BCUT2D eigenvalue weighted by Gasteiger charge is -2.13. The Balaban J connectivity index is 3.07. The molecule has 0 aliphatic heterocycles. The molecule has 0 fully saturated rings. The molecule has 1 rings (SSSR count). The largest absolute Gasteiger partial charge is 0.573 e. The lowest BCUT2D eigenvalue weighted by atomic mass is 10.2. The van der Waals surface area contributed by atoms with E-state index >= 15 is 0 Å². The van der Waals surface area contributed by atoms with Crippen LogP contribution in [-0.4, -0.2) is 19.3 Å². The van der Waals surface area contributed by atoms with Crippen molar-refractivity contribution < 1.29 is 40.6 Å². The van der Waals surface area contributed by atoms with E-state index in [2.05, 4.69) is 21.3 Å². The van der Waals surface area contributed by atoms with Gasteiger partial charge >= 0.3 is 12.7 Å². The van der Waals surface area contributed by atoms with Gasteiger partial charge in [-0.15, -0.1) is 26.3 Å². The summed E-state index contributed by atoms with van der Waals surface area (Å²) in [5.74, 6) is -1.67. The van der Waals surface area contributed by atoms with E-state index < -0.39 is 24.2 Å². The highest BCUT2D eigenvalue weighted by Crippen LogP contribution is 2.31. The van der Waals surface area contributed by atoms with Crippen LogP contribution in [0.15, 0.2) is 24.3 Å². The van der Waals surface area contributed by atoms with Crippen LogP contribution in [-0.2, 0) is 4.74 Å². The predicted octanol–water partition coefficient (Wildman–Crippen LogP) is 4.31. The molecule has 0 saturated carbocycles. The van der Waals surface area contributed by atoms with E-state index in [1.807, 2.05) is 0 Å². The molecule has 0 aliphatic rings. The zero-order chi connectivity index (χ0) is 16.1. The molecule has 1 radical (unpaired) electrons. The number of hydrogen-bond acceptors (Lipinski definition) is 3. The summed E-state index contributed by atoms with van der Waals surface area (Å²) in [4.78, 5) is 0. The zero-order valence-corrected chi connectivity index (χ0v) is 10.3. The molecule has 9 heteroatoms. The molecular weight excluding hydrogens is 306 g/mol. The maximum Gasteiger partial charge on any atom is 0.573 e. The Morgan fingerprint density at radius 2 is 1.38 bits per heavy atom. The molecule has 0 heterocycles. The van der Waals surface area contributed by atoms with E-state index in [9.17, 15) is 26.3 Å². The van der Waals surface area contributed by atoms with Gasteiger partial charge in [0.1, 0.15) is 11.5 Å². The van der Waals surface area contributed by atoms with Gasteiger partial charge < -0.3 is 14.2 Å². The van der Waals surface area contributed by atoms with Crippen LogP contribution in [0.25, 0.3) is 6.08 Å². The van der Waals surface area contributed by atoms with Gasteiger partial charge in [0.05, 0.1) is 13.7 Å². The summed E-state index contributed by atoms with van der Waals surface area (Å²) in [7, 11) is 3.05. The molecule has 0 aromatic heterocycles. The molecule has 0 N–H and O–H groups in total. The highest BCUT2D eigenvalue weighted by atomic mass is 19.4. The quantitative estimate of drug-likeness (QED) is 0.758. The van der Waals surface area contributed by atoms with Crippen LogP contribution in [0.3, 0.4) is 0 Å². The molecule has 0 saturated heterocycles.